The summed E-state index contributed by atoms with van der Waals surface area (Å²) in [6.45, 7) is 1.34. The van der Waals surface area contributed by atoms with Crippen molar-refractivity contribution in [3.05, 3.63) is 29.6 Å². The fourth-order valence-corrected chi connectivity index (χ4v) is 2.06. The van der Waals surface area contributed by atoms with E-state index in [1.165, 1.54) is 6.07 Å². The van der Waals surface area contributed by atoms with Crippen molar-refractivity contribution >= 4 is 15.9 Å². The number of benzene rings is 1. The van der Waals surface area contributed by atoms with Crippen molar-refractivity contribution in [2.75, 3.05) is 13.2 Å². The topological polar surface area (TPSA) is 18.5 Å². The van der Waals surface area contributed by atoms with Gasteiger partial charge in [-0.05, 0) is 30.5 Å². The van der Waals surface area contributed by atoms with Crippen LogP contribution in [0.5, 0.6) is 5.75 Å². The van der Waals surface area contributed by atoms with Crippen LogP contribution >= 0.6 is 15.9 Å². The molecule has 0 spiro atoms. The number of rotatable bonds is 3. The molecule has 1 atom stereocenters. The number of hydrogen-bond acceptors (Lipinski definition) is 2. The SMILES string of the molecule is Fc1cc(CBr)ccc1OC1CCCOC1. The first kappa shape index (κ1) is 11.9. The Hall–Kier alpha value is -0.610. The summed E-state index contributed by atoms with van der Waals surface area (Å²) in [5, 5.41) is 0.650. The molecule has 1 aliphatic rings. The molecule has 0 aromatic heterocycles. The number of halogens is 2. The van der Waals surface area contributed by atoms with Crippen LogP contribution in [0.4, 0.5) is 4.39 Å². The first-order valence-electron chi connectivity index (χ1n) is 5.38. The lowest BCUT2D eigenvalue weighted by molar-refractivity contribution is 0.00587. The number of ether oxygens (including phenoxy) is 2. The Morgan fingerprint density at radius 3 is 3.00 bits per heavy atom. The third-order valence-electron chi connectivity index (χ3n) is 2.56. The van der Waals surface area contributed by atoms with Crippen LogP contribution < -0.4 is 4.74 Å². The predicted octanol–water partition coefficient (Wildman–Crippen LogP) is 3.28. The molecule has 0 radical (unpaired) electrons. The van der Waals surface area contributed by atoms with Gasteiger partial charge < -0.3 is 9.47 Å². The summed E-state index contributed by atoms with van der Waals surface area (Å²) in [4.78, 5) is 0. The van der Waals surface area contributed by atoms with Crippen LogP contribution in [0.25, 0.3) is 0 Å². The minimum absolute atomic E-state index is 0.0157. The van der Waals surface area contributed by atoms with E-state index in [0.29, 0.717) is 17.7 Å². The van der Waals surface area contributed by atoms with Crippen molar-refractivity contribution < 1.29 is 13.9 Å². The lowest BCUT2D eigenvalue weighted by Crippen LogP contribution is -2.28. The molecule has 88 valence electrons. The Bertz CT molecular complexity index is 351. The van der Waals surface area contributed by atoms with Crippen LogP contribution in [-0.4, -0.2) is 19.3 Å². The highest BCUT2D eigenvalue weighted by Gasteiger charge is 2.17. The second-order valence-electron chi connectivity index (χ2n) is 3.86. The quantitative estimate of drug-likeness (QED) is 0.795. The maximum Gasteiger partial charge on any atom is 0.165 e. The zero-order valence-electron chi connectivity index (χ0n) is 8.92. The first-order valence-corrected chi connectivity index (χ1v) is 6.50. The Balaban J connectivity index is 2.03. The highest BCUT2D eigenvalue weighted by molar-refractivity contribution is 9.08. The molecule has 0 N–H and O–H groups in total. The predicted molar refractivity (Wildman–Crippen MR) is 63.5 cm³/mol. The van der Waals surface area contributed by atoms with Gasteiger partial charge in [-0.1, -0.05) is 22.0 Å². The van der Waals surface area contributed by atoms with Crippen LogP contribution in [0, 0.1) is 5.82 Å². The fourth-order valence-electron chi connectivity index (χ4n) is 1.71. The Morgan fingerprint density at radius 2 is 2.38 bits per heavy atom. The molecule has 1 aromatic rings. The minimum atomic E-state index is -0.303. The molecular weight excluding hydrogens is 275 g/mol. The molecule has 1 saturated heterocycles. The summed E-state index contributed by atoms with van der Waals surface area (Å²) < 4.78 is 24.5. The lowest BCUT2D eigenvalue weighted by Gasteiger charge is -2.23. The standard InChI is InChI=1S/C12H14BrFO2/c13-7-9-3-4-12(11(14)6-9)16-10-2-1-5-15-8-10/h3-4,6,10H,1-2,5,7-8H2. The van der Waals surface area contributed by atoms with Crippen LogP contribution in [0.3, 0.4) is 0 Å². The van der Waals surface area contributed by atoms with Crippen molar-refractivity contribution in [1.82, 2.24) is 0 Å². The van der Waals surface area contributed by atoms with E-state index in [-0.39, 0.29) is 11.9 Å². The normalized spacial score (nSPS) is 20.8. The van der Waals surface area contributed by atoms with Crippen molar-refractivity contribution in [2.24, 2.45) is 0 Å². The first-order chi connectivity index (χ1) is 7.79. The summed E-state index contributed by atoms with van der Waals surface area (Å²) in [7, 11) is 0. The third-order valence-corrected chi connectivity index (χ3v) is 3.21. The molecule has 4 heteroatoms. The van der Waals surface area contributed by atoms with E-state index in [1.54, 1.807) is 6.07 Å². The van der Waals surface area contributed by atoms with Crippen LogP contribution in [0.2, 0.25) is 0 Å². The number of hydrogen-bond donors (Lipinski definition) is 0. The molecule has 16 heavy (non-hydrogen) atoms. The fraction of sp³-hybridized carbons (Fsp3) is 0.500. The second-order valence-corrected chi connectivity index (χ2v) is 4.42. The number of alkyl halides is 1. The van der Waals surface area contributed by atoms with Gasteiger partial charge in [0.05, 0.1) is 6.61 Å². The van der Waals surface area contributed by atoms with E-state index in [1.807, 2.05) is 6.07 Å². The van der Waals surface area contributed by atoms with Gasteiger partial charge in [-0.15, -0.1) is 0 Å². The zero-order valence-corrected chi connectivity index (χ0v) is 10.5. The summed E-state index contributed by atoms with van der Waals surface area (Å²) in [6, 6.07) is 5.03. The molecule has 2 rings (SSSR count). The van der Waals surface area contributed by atoms with Crippen molar-refractivity contribution in [1.29, 1.82) is 0 Å². The van der Waals surface area contributed by atoms with Gasteiger partial charge in [-0.25, -0.2) is 4.39 Å². The van der Waals surface area contributed by atoms with Gasteiger partial charge in [0.15, 0.2) is 11.6 Å². The van der Waals surface area contributed by atoms with Gasteiger partial charge >= 0.3 is 0 Å². The lowest BCUT2D eigenvalue weighted by atomic mass is 10.1. The molecule has 1 fully saturated rings. The van der Waals surface area contributed by atoms with E-state index in [9.17, 15) is 4.39 Å². The summed E-state index contributed by atoms with van der Waals surface area (Å²) in [5.74, 6) is 0.0164. The minimum Gasteiger partial charge on any atom is -0.485 e. The van der Waals surface area contributed by atoms with Crippen LogP contribution in [-0.2, 0) is 10.1 Å². The average Bonchev–Trinajstić information content (AvgIpc) is 2.33. The molecule has 0 bridgehead atoms. The molecule has 1 aromatic carbocycles. The van der Waals surface area contributed by atoms with Gasteiger partial charge in [0, 0.05) is 11.9 Å². The van der Waals surface area contributed by atoms with E-state index < -0.39 is 0 Å². The summed E-state index contributed by atoms with van der Waals surface area (Å²) in [5.41, 5.74) is 0.907. The molecule has 1 aliphatic heterocycles. The van der Waals surface area contributed by atoms with Gasteiger partial charge in [0.2, 0.25) is 0 Å². The summed E-state index contributed by atoms with van der Waals surface area (Å²) >= 11 is 3.29. The van der Waals surface area contributed by atoms with Crippen molar-refractivity contribution in [3.63, 3.8) is 0 Å². The zero-order chi connectivity index (χ0) is 11.4. The van der Waals surface area contributed by atoms with E-state index in [2.05, 4.69) is 15.9 Å². The van der Waals surface area contributed by atoms with E-state index >= 15 is 0 Å². The Morgan fingerprint density at radius 1 is 1.50 bits per heavy atom. The molecule has 0 saturated carbocycles. The Labute approximate surface area is 103 Å². The molecule has 0 amide bonds. The van der Waals surface area contributed by atoms with E-state index in [4.69, 9.17) is 9.47 Å². The highest BCUT2D eigenvalue weighted by Crippen LogP contribution is 2.22. The maximum atomic E-state index is 13.6. The van der Waals surface area contributed by atoms with Gasteiger partial charge in [-0.2, -0.15) is 0 Å². The van der Waals surface area contributed by atoms with Crippen LogP contribution in [0.15, 0.2) is 18.2 Å². The van der Waals surface area contributed by atoms with Gasteiger partial charge in [0.25, 0.3) is 0 Å². The highest BCUT2D eigenvalue weighted by atomic mass is 79.9. The monoisotopic (exact) mass is 288 g/mol. The smallest absolute Gasteiger partial charge is 0.165 e. The average molecular weight is 289 g/mol. The second kappa shape index (κ2) is 5.64. The van der Waals surface area contributed by atoms with Crippen molar-refractivity contribution in [2.45, 2.75) is 24.3 Å². The van der Waals surface area contributed by atoms with E-state index in [0.717, 1.165) is 25.0 Å². The Kier molecular flexibility index (Phi) is 4.18. The largest absolute Gasteiger partial charge is 0.485 e. The molecular formula is C12H14BrFO2. The molecule has 2 nitrogen and oxygen atoms in total. The molecule has 0 aliphatic carbocycles. The summed E-state index contributed by atoms with van der Waals surface area (Å²) in [6.07, 6.45) is 1.89. The molecule has 1 heterocycles. The third kappa shape index (κ3) is 2.95. The van der Waals surface area contributed by atoms with Crippen LogP contribution in [0.1, 0.15) is 18.4 Å². The van der Waals surface area contributed by atoms with Gasteiger partial charge in [-0.3, -0.25) is 0 Å². The molecule has 1 unspecified atom stereocenters. The van der Waals surface area contributed by atoms with Crippen molar-refractivity contribution in [3.8, 4) is 5.75 Å². The maximum absolute atomic E-state index is 13.6. The van der Waals surface area contributed by atoms with Gasteiger partial charge in [0.1, 0.15) is 6.10 Å².